The minimum absolute atomic E-state index is 0.0142. The average molecular weight is 365 g/mol. The second kappa shape index (κ2) is 8.71. The third-order valence-corrected chi connectivity index (χ3v) is 5.07. The third kappa shape index (κ3) is 4.67. The van der Waals surface area contributed by atoms with Crippen molar-refractivity contribution in [3.05, 3.63) is 71.8 Å². The zero-order valence-corrected chi connectivity index (χ0v) is 16.0. The van der Waals surface area contributed by atoms with Crippen LogP contribution in [0.25, 0.3) is 0 Å². The predicted molar refractivity (Wildman–Crippen MR) is 106 cm³/mol. The van der Waals surface area contributed by atoms with E-state index in [0.717, 1.165) is 11.1 Å². The van der Waals surface area contributed by atoms with Crippen LogP contribution >= 0.6 is 0 Å². The highest BCUT2D eigenvalue weighted by Crippen LogP contribution is 2.24. The highest BCUT2D eigenvalue weighted by Gasteiger charge is 2.29. The lowest BCUT2D eigenvalue weighted by Gasteiger charge is -2.33. The van der Waals surface area contributed by atoms with Crippen molar-refractivity contribution in [2.24, 2.45) is 5.92 Å². The maximum Gasteiger partial charge on any atom is 0.319 e. The monoisotopic (exact) mass is 365 g/mol. The summed E-state index contributed by atoms with van der Waals surface area (Å²) in [6.45, 7) is 1.24. The lowest BCUT2D eigenvalue weighted by atomic mass is 9.93. The van der Waals surface area contributed by atoms with Crippen LogP contribution in [0.1, 0.15) is 30.0 Å². The van der Waals surface area contributed by atoms with Gasteiger partial charge in [-0.3, -0.25) is 4.79 Å². The first-order chi connectivity index (χ1) is 13.1. The van der Waals surface area contributed by atoms with Crippen molar-refractivity contribution in [2.75, 3.05) is 27.2 Å². The highest BCUT2D eigenvalue weighted by atomic mass is 16.2. The van der Waals surface area contributed by atoms with Gasteiger partial charge < -0.3 is 15.1 Å². The Hall–Kier alpha value is -2.82. The van der Waals surface area contributed by atoms with E-state index in [9.17, 15) is 9.59 Å². The molecule has 3 amide bonds. The molecule has 1 fully saturated rings. The molecule has 142 valence electrons. The first-order valence-corrected chi connectivity index (χ1v) is 9.42. The summed E-state index contributed by atoms with van der Waals surface area (Å²) in [4.78, 5) is 28.4. The van der Waals surface area contributed by atoms with Crippen molar-refractivity contribution < 1.29 is 9.59 Å². The van der Waals surface area contributed by atoms with Gasteiger partial charge in [0.25, 0.3) is 0 Å². The van der Waals surface area contributed by atoms with Gasteiger partial charge in [0.05, 0.1) is 6.04 Å². The van der Waals surface area contributed by atoms with Gasteiger partial charge in [0.1, 0.15) is 0 Å². The highest BCUT2D eigenvalue weighted by molar-refractivity contribution is 5.80. The fraction of sp³-hybridized carbons (Fsp3) is 0.364. The zero-order valence-electron chi connectivity index (χ0n) is 16.0. The molecule has 0 radical (unpaired) electrons. The van der Waals surface area contributed by atoms with Crippen molar-refractivity contribution in [2.45, 2.75) is 18.9 Å². The van der Waals surface area contributed by atoms with E-state index in [-0.39, 0.29) is 23.9 Å². The summed E-state index contributed by atoms with van der Waals surface area (Å²) < 4.78 is 0. The van der Waals surface area contributed by atoms with Gasteiger partial charge in [-0.05, 0) is 24.0 Å². The summed E-state index contributed by atoms with van der Waals surface area (Å²) in [5, 5.41) is 3.23. The van der Waals surface area contributed by atoms with Crippen LogP contribution < -0.4 is 5.32 Å². The fourth-order valence-electron chi connectivity index (χ4n) is 3.53. The summed E-state index contributed by atoms with van der Waals surface area (Å²) in [7, 11) is 3.51. The van der Waals surface area contributed by atoms with Gasteiger partial charge in [-0.25, -0.2) is 4.79 Å². The number of carbonyl (C=O) groups is 2. The zero-order chi connectivity index (χ0) is 19.2. The largest absolute Gasteiger partial charge is 0.345 e. The Morgan fingerprint density at radius 2 is 1.41 bits per heavy atom. The molecule has 0 spiro atoms. The number of nitrogens with one attached hydrogen (secondary N) is 1. The Morgan fingerprint density at radius 3 is 1.85 bits per heavy atom. The maximum absolute atomic E-state index is 12.9. The molecule has 0 saturated carbocycles. The number of piperidine rings is 1. The number of benzene rings is 2. The summed E-state index contributed by atoms with van der Waals surface area (Å²) in [6, 6.07) is 19.9. The normalized spacial score (nSPS) is 14.9. The van der Waals surface area contributed by atoms with Gasteiger partial charge in [-0.15, -0.1) is 0 Å². The first-order valence-electron chi connectivity index (χ1n) is 9.42. The van der Waals surface area contributed by atoms with E-state index in [1.165, 1.54) is 0 Å². The van der Waals surface area contributed by atoms with E-state index in [2.05, 4.69) is 5.32 Å². The van der Waals surface area contributed by atoms with E-state index >= 15 is 0 Å². The Bertz CT molecular complexity index is 714. The number of carbonyl (C=O) groups excluding carboxylic acids is 2. The summed E-state index contributed by atoms with van der Waals surface area (Å²) in [5.41, 5.74) is 2.13. The Labute approximate surface area is 161 Å². The number of amides is 3. The number of likely N-dealkylation sites (tertiary alicyclic amines) is 1. The SMILES string of the molecule is CN(C)C(=O)N1CCC(C(=O)NC(c2ccccc2)c2ccccc2)CC1. The lowest BCUT2D eigenvalue weighted by Crippen LogP contribution is -2.46. The standard InChI is InChI=1S/C22H27N3O2/c1-24(2)22(27)25-15-13-19(14-16-25)21(26)23-20(17-9-5-3-6-10-17)18-11-7-4-8-12-18/h3-12,19-20H,13-16H2,1-2H3,(H,23,26). The summed E-state index contributed by atoms with van der Waals surface area (Å²) >= 11 is 0. The quantitative estimate of drug-likeness (QED) is 0.904. The molecule has 1 aliphatic heterocycles. The van der Waals surface area contributed by atoms with E-state index in [1.54, 1.807) is 19.0 Å². The van der Waals surface area contributed by atoms with Crippen LogP contribution in [0.5, 0.6) is 0 Å². The lowest BCUT2D eigenvalue weighted by molar-refractivity contribution is -0.126. The average Bonchev–Trinajstić information content (AvgIpc) is 2.72. The first kappa shape index (κ1) is 19.0. The maximum atomic E-state index is 12.9. The van der Waals surface area contributed by atoms with Crippen molar-refractivity contribution in [1.82, 2.24) is 15.1 Å². The van der Waals surface area contributed by atoms with Gasteiger partial charge in [0.15, 0.2) is 0 Å². The second-order valence-electron chi connectivity index (χ2n) is 7.20. The second-order valence-corrected chi connectivity index (χ2v) is 7.20. The molecule has 2 aromatic carbocycles. The van der Waals surface area contributed by atoms with Gasteiger partial charge in [0, 0.05) is 33.1 Å². The molecule has 5 heteroatoms. The molecule has 1 heterocycles. The van der Waals surface area contributed by atoms with Crippen molar-refractivity contribution >= 4 is 11.9 Å². The van der Waals surface area contributed by atoms with Crippen LogP contribution in [-0.4, -0.2) is 48.9 Å². The third-order valence-electron chi connectivity index (χ3n) is 5.07. The van der Waals surface area contributed by atoms with Crippen LogP contribution in [0.2, 0.25) is 0 Å². The minimum Gasteiger partial charge on any atom is -0.345 e. The number of nitrogens with zero attached hydrogens (tertiary/aromatic N) is 2. The van der Waals surface area contributed by atoms with Gasteiger partial charge >= 0.3 is 6.03 Å². The topological polar surface area (TPSA) is 52.7 Å². The Kier molecular flexibility index (Phi) is 6.12. The molecule has 0 unspecified atom stereocenters. The molecular weight excluding hydrogens is 338 g/mol. The van der Waals surface area contributed by atoms with Gasteiger partial charge in [-0.1, -0.05) is 60.7 Å². The summed E-state index contributed by atoms with van der Waals surface area (Å²) in [6.07, 6.45) is 1.39. The van der Waals surface area contributed by atoms with Crippen LogP contribution in [0.15, 0.2) is 60.7 Å². The van der Waals surface area contributed by atoms with E-state index < -0.39 is 0 Å². The molecule has 2 aromatic rings. The number of hydrogen-bond donors (Lipinski definition) is 1. The molecule has 3 rings (SSSR count). The Balaban J connectivity index is 1.68. The molecule has 5 nitrogen and oxygen atoms in total. The van der Waals surface area contributed by atoms with Crippen molar-refractivity contribution in [3.8, 4) is 0 Å². The molecule has 0 aliphatic carbocycles. The van der Waals surface area contributed by atoms with Crippen molar-refractivity contribution in [1.29, 1.82) is 0 Å². The summed E-state index contributed by atoms with van der Waals surface area (Å²) in [5.74, 6) is -0.00389. The molecule has 1 aliphatic rings. The fourth-order valence-corrected chi connectivity index (χ4v) is 3.53. The predicted octanol–water partition coefficient (Wildman–Crippen LogP) is 3.29. The smallest absolute Gasteiger partial charge is 0.319 e. The molecule has 0 aromatic heterocycles. The molecule has 1 saturated heterocycles. The van der Waals surface area contributed by atoms with Gasteiger partial charge in [0.2, 0.25) is 5.91 Å². The minimum atomic E-state index is -0.165. The molecular formula is C22H27N3O2. The van der Waals surface area contributed by atoms with Crippen LogP contribution in [-0.2, 0) is 4.79 Å². The molecule has 27 heavy (non-hydrogen) atoms. The van der Waals surface area contributed by atoms with E-state index in [1.807, 2.05) is 65.6 Å². The van der Waals surface area contributed by atoms with E-state index in [4.69, 9.17) is 0 Å². The number of rotatable bonds is 4. The van der Waals surface area contributed by atoms with Crippen LogP contribution in [0.4, 0.5) is 4.79 Å². The molecule has 0 atom stereocenters. The van der Waals surface area contributed by atoms with Gasteiger partial charge in [-0.2, -0.15) is 0 Å². The van der Waals surface area contributed by atoms with Crippen LogP contribution in [0.3, 0.4) is 0 Å². The Morgan fingerprint density at radius 1 is 0.926 bits per heavy atom. The number of hydrogen-bond acceptors (Lipinski definition) is 2. The molecule has 0 bridgehead atoms. The van der Waals surface area contributed by atoms with Crippen LogP contribution in [0, 0.1) is 5.92 Å². The number of urea groups is 1. The molecule has 1 N–H and O–H groups in total. The van der Waals surface area contributed by atoms with Crippen molar-refractivity contribution in [3.63, 3.8) is 0 Å². The van der Waals surface area contributed by atoms with E-state index in [0.29, 0.717) is 25.9 Å².